The van der Waals surface area contributed by atoms with Crippen LogP contribution in [0.2, 0.25) is 0 Å². The van der Waals surface area contributed by atoms with Crippen molar-refractivity contribution in [3.05, 3.63) is 53.8 Å². The summed E-state index contributed by atoms with van der Waals surface area (Å²) in [6, 6.07) is 9.57. The molecule has 1 heterocycles. The van der Waals surface area contributed by atoms with E-state index in [0.29, 0.717) is 31.3 Å². The summed E-state index contributed by atoms with van der Waals surface area (Å²) in [5.74, 6) is -0.745. The van der Waals surface area contributed by atoms with Gasteiger partial charge in [-0.25, -0.2) is 12.8 Å². The van der Waals surface area contributed by atoms with Gasteiger partial charge in [-0.1, -0.05) is 31.5 Å². The number of nitrogens with one attached hydrogen (secondary N) is 1. The second-order valence-corrected chi connectivity index (χ2v) is 10.4. The molecule has 0 aromatic heterocycles. The van der Waals surface area contributed by atoms with Crippen LogP contribution in [-0.2, 0) is 26.2 Å². The topological polar surface area (TPSA) is 105 Å². The van der Waals surface area contributed by atoms with Gasteiger partial charge in [-0.15, -0.1) is 0 Å². The van der Waals surface area contributed by atoms with Crippen LogP contribution in [0.3, 0.4) is 0 Å². The number of amides is 2. The fourth-order valence-electron chi connectivity index (χ4n) is 3.73. The van der Waals surface area contributed by atoms with Gasteiger partial charge in [0.05, 0.1) is 11.9 Å². The normalized spacial score (nSPS) is 13.6. The lowest BCUT2D eigenvalue weighted by atomic mass is 10.1. The third-order valence-electron chi connectivity index (χ3n) is 5.79. The fourth-order valence-corrected chi connectivity index (χ4v) is 4.57. The predicted octanol–water partition coefficient (Wildman–Crippen LogP) is 2.70. The Morgan fingerprint density at radius 3 is 2.47 bits per heavy atom. The number of nitrogens with zero attached hydrogens (tertiary/aromatic N) is 2. The monoisotopic (exact) mass is 521 g/mol. The Labute approximate surface area is 211 Å². The molecular weight excluding hydrogens is 489 g/mol. The van der Waals surface area contributed by atoms with Crippen LogP contribution in [0.4, 0.5) is 10.1 Å². The zero-order valence-electron chi connectivity index (χ0n) is 20.7. The Hall–Kier alpha value is -3.34. The maximum absolute atomic E-state index is 14.4. The number of carbonyl (C=O) groups is 2. The minimum atomic E-state index is -3.90. The van der Waals surface area contributed by atoms with E-state index in [9.17, 15) is 22.4 Å². The second kappa shape index (κ2) is 12.1. The van der Waals surface area contributed by atoms with E-state index in [0.717, 1.165) is 23.4 Å². The van der Waals surface area contributed by atoms with Crippen LogP contribution in [0.15, 0.2) is 42.5 Å². The Morgan fingerprint density at radius 2 is 1.81 bits per heavy atom. The van der Waals surface area contributed by atoms with Gasteiger partial charge in [-0.05, 0) is 31.5 Å². The number of benzene rings is 2. The van der Waals surface area contributed by atoms with Crippen molar-refractivity contribution >= 4 is 27.5 Å². The highest BCUT2D eigenvalue weighted by Gasteiger charge is 2.31. The molecule has 1 aliphatic heterocycles. The summed E-state index contributed by atoms with van der Waals surface area (Å²) in [7, 11) is -3.90. The summed E-state index contributed by atoms with van der Waals surface area (Å²) in [5, 5.41) is 2.78. The summed E-state index contributed by atoms with van der Waals surface area (Å²) in [6.07, 6.45) is 2.64. The zero-order chi connectivity index (χ0) is 26.3. The first-order valence-corrected chi connectivity index (χ1v) is 13.6. The molecule has 2 aromatic rings. The van der Waals surface area contributed by atoms with Gasteiger partial charge in [-0.2, -0.15) is 0 Å². The lowest BCUT2D eigenvalue weighted by Gasteiger charge is -2.32. The van der Waals surface area contributed by atoms with Crippen LogP contribution in [0.5, 0.6) is 11.5 Å². The minimum Gasteiger partial charge on any atom is -0.486 e. The number of fused-ring (bicyclic) bond motifs is 1. The van der Waals surface area contributed by atoms with Crippen molar-refractivity contribution < 1.29 is 31.9 Å². The number of rotatable bonds is 11. The number of halogens is 1. The van der Waals surface area contributed by atoms with E-state index >= 15 is 0 Å². The molecule has 3 rings (SSSR count). The smallest absolute Gasteiger partial charge is 0.244 e. The van der Waals surface area contributed by atoms with Crippen molar-refractivity contribution in [2.24, 2.45) is 0 Å². The molecular formula is C25H32FN3O6S. The number of carbonyl (C=O) groups excluding carboxylic acids is 2. The van der Waals surface area contributed by atoms with Crippen LogP contribution >= 0.6 is 0 Å². The molecule has 0 fully saturated rings. The molecule has 0 unspecified atom stereocenters. The maximum atomic E-state index is 14.4. The Morgan fingerprint density at radius 1 is 1.11 bits per heavy atom. The zero-order valence-corrected chi connectivity index (χ0v) is 21.5. The lowest BCUT2D eigenvalue weighted by Crippen LogP contribution is -2.51. The van der Waals surface area contributed by atoms with Gasteiger partial charge in [0, 0.05) is 24.7 Å². The number of hydrogen-bond acceptors (Lipinski definition) is 6. The molecule has 1 N–H and O–H groups in total. The van der Waals surface area contributed by atoms with Gasteiger partial charge in [0.1, 0.15) is 31.6 Å². The van der Waals surface area contributed by atoms with Gasteiger partial charge < -0.3 is 19.7 Å². The van der Waals surface area contributed by atoms with Crippen LogP contribution in [-0.4, -0.2) is 63.7 Å². The molecule has 11 heteroatoms. The lowest BCUT2D eigenvalue weighted by molar-refractivity contribution is -0.139. The van der Waals surface area contributed by atoms with E-state index in [1.54, 1.807) is 12.1 Å². The molecule has 1 atom stereocenters. The van der Waals surface area contributed by atoms with E-state index in [-0.39, 0.29) is 17.8 Å². The molecule has 0 saturated carbocycles. The van der Waals surface area contributed by atoms with Gasteiger partial charge in [0.2, 0.25) is 21.8 Å². The van der Waals surface area contributed by atoms with Gasteiger partial charge in [0.25, 0.3) is 0 Å². The summed E-state index contributed by atoms with van der Waals surface area (Å²) in [5.41, 5.74) is 0.422. The van der Waals surface area contributed by atoms with Crippen molar-refractivity contribution in [2.45, 2.75) is 39.3 Å². The number of anilines is 1. The average Bonchev–Trinajstić information content (AvgIpc) is 2.85. The second-order valence-electron chi connectivity index (χ2n) is 8.53. The Balaban J connectivity index is 1.90. The van der Waals surface area contributed by atoms with Crippen LogP contribution in [0.25, 0.3) is 0 Å². The molecule has 0 bridgehead atoms. The molecule has 0 saturated heterocycles. The minimum absolute atomic E-state index is 0.202. The largest absolute Gasteiger partial charge is 0.486 e. The van der Waals surface area contributed by atoms with E-state index in [2.05, 4.69) is 5.32 Å². The third-order valence-corrected chi connectivity index (χ3v) is 6.93. The molecule has 2 amide bonds. The highest BCUT2D eigenvalue weighted by molar-refractivity contribution is 7.92. The standard InChI is InChI=1S/C25H32FN3O6S/c1-4-5-12-27-25(31)18(2)28(16-19-8-6-7-9-21(19)26)24(30)17-29(36(3,32)33)20-10-11-22-23(15-20)35-14-13-34-22/h6-11,15,18H,4-5,12-14,16-17H2,1-3H3,(H,27,31)/t18-/m0/s1. The molecule has 36 heavy (non-hydrogen) atoms. The van der Waals surface area contributed by atoms with Crippen molar-refractivity contribution in [1.29, 1.82) is 0 Å². The average molecular weight is 522 g/mol. The van der Waals surface area contributed by atoms with E-state index in [1.807, 2.05) is 6.92 Å². The van der Waals surface area contributed by atoms with E-state index in [1.165, 1.54) is 42.2 Å². The SMILES string of the molecule is CCCCNC(=O)[C@H](C)N(Cc1ccccc1F)C(=O)CN(c1ccc2c(c1)OCCO2)S(C)(=O)=O. The number of unbranched alkanes of at least 4 members (excludes halogenated alkanes) is 1. The van der Waals surface area contributed by atoms with Crippen molar-refractivity contribution in [1.82, 2.24) is 10.2 Å². The quantitative estimate of drug-likeness (QED) is 0.456. The first-order valence-electron chi connectivity index (χ1n) is 11.8. The predicted molar refractivity (Wildman–Crippen MR) is 134 cm³/mol. The van der Waals surface area contributed by atoms with E-state index in [4.69, 9.17) is 9.47 Å². The highest BCUT2D eigenvalue weighted by atomic mass is 32.2. The van der Waals surface area contributed by atoms with Crippen molar-refractivity contribution in [3.63, 3.8) is 0 Å². The van der Waals surface area contributed by atoms with Gasteiger partial charge >= 0.3 is 0 Å². The molecule has 2 aromatic carbocycles. The maximum Gasteiger partial charge on any atom is 0.244 e. The van der Waals surface area contributed by atoms with Crippen molar-refractivity contribution in [3.8, 4) is 11.5 Å². The summed E-state index contributed by atoms with van der Waals surface area (Å²) in [6.45, 7) is 3.87. The van der Waals surface area contributed by atoms with Gasteiger partial charge in [-0.3, -0.25) is 13.9 Å². The molecule has 0 aliphatic carbocycles. The first-order chi connectivity index (χ1) is 17.1. The summed E-state index contributed by atoms with van der Waals surface area (Å²) in [4.78, 5) is 27.5. The summed E-state index contributed by atoms with van der Waals surface area (Å²) < 4.78 is 51.8. The Kier molecular flexibility index (Phi) is 9.14. The fraction of sp³-hybridized carbons (Fsp3) is 0.440. The van der Waals surface area contributed by atoms with Crippen LogP contribution < -0.4 is 19.1 Å². The molecule has 196 valence electrons. The van der Waals surface area contributed by atoms with Crippen LogP contribution in [0, 0.1) is 5.82 Å². The Bertz CT molecular complexity index is 1190. The van der Waals surface area contributed by atoms with Gasteiger partial charge in [0.15, 0.2) is 11.5 Å². The third kappa shape index (κ3) is 6.87. The molecule has 9 nitrogen and oxygen atoms in total. The molecule has 0 radical (unpaired) electrons. The number of hydrogen-bond donors (Lipinski definition) is 1. The first kappa shape index (κ1) is 27.3. The highest BCUT2D eigenvalue weighted by Crippen LogP contribution is 2.34. The molecule has 1 aliphatic rings. The van der Waals surface area contributed by atoms with E-state index < -0.39 is 40.2 Å². The number of sulfonamides is 1. The number of ether oxygens (including phenoxy) is 2. The van der Waals surface area contributed by atoms with Crippen molar-refractivity contribution in [2.75, 3.05) is 36.9 Å². The molecule has 0 spiro atoms. The summed E-state index contributed by atoms with van der Waals surface area (Å²) >= 11 is 0. The van der Waals surface area contributed by atoms with Crippen LogP contribution in [0.1, 0.15) is 32.3 Å².